The third-order valence-corrected chi connectivity index (χ3v) is 7.33. The van der Waals surface area contributed by atoms with Gasteiger partial charge in [-0.2, -0.15) is 0 Å². The summed E-state index contributed by atoms with van der Waals surface area (Å²) < 4.78 is 30.0. The number of pyridine rings is 1. The number of hydrogen-bond donors (Lipinski definition) is 4. The van der Waals surface area contributed by atoms with Crippen LogP contribution in [0.5, 0.6) is 5.75 Å². The number of carboxylic acid groups (broad SMARTS) is 1. The molecule has 10 heteroatoms. The summed E-state index contributed by atoms with van der Waals surface area (Å²) in [5, 5.41) is 22.3. The average Bonchev–Trinajstić information content (AvgIpc) is 3.21. The molecule has 2 aromatic heterocycles. The Balaban J connectivity index is 1.62. The normalized spacial score (nSPS) is 11.7. The lowest BCUT2D eigenvalue weighted by Gasteiger charge is -2.15. The summed E-state index contributed by atoms with van der Waals surface area (Å²) in [5.41, 5.74) is 8.25. The van der Waals surface area contributed by atoms with Gasteiger partial charge in [0.2, 0.25) is 10.0 Å². The van der Waals surface area contributed by atoms with Crippen molar-refractivity contribution in [3.63, 3.8) is 0 Å². The lowest BCUT2D eigenvalue weighted by atomic mass is 10.0. The predicted octanol–water partition coefficient (Wildman–Crippen LogP) is 4.04. The molecule has 5 rings (SSSR count). The Bertz CT molecular complexity index is 1750. The number of fused-ring (bicyclic) bond motifs is 2. The Kier molecular flexibility index (Phi) is 6.28. The number of aromatic carboxylic acids is 1. The molecule has 0 aliphatic carbocycles. The van der Waals surface area contributed by atoms with Gasteiger partial charge in [0.05, 0.1) is 18.0 Å². The summed E-state index contributed by atoms with van der Waals surface area (Å²) in [6, 6.07) is 22.0. The number of benzene rings is 3. The first-order chi connectivity index (χ1) is 17.7. The lowest BCUT2D eigenvalue weighted by Crippen LogP contribution is -2.16. The number of anilines is 1. The molecule has 0 aliphatic heterocycles. The molecule has 0 fully saturated rings. The first kappa shape index (κ1) is 24.3. The van der Waals surface area contributed by atoms with Crippen LogP contribution in [0.3, 0.4) is 0 Å². The van der Waals surface area contributed by atoms with E-state index in [1.807, 2.05) is 6.07 Å². The molecule has 188 valence electrons. The van der Waals surface area contributed by atoms with Crippen LogP contribution in [-0.2, 0) is 28.9 Å². The van der Waals surface area contributed by atoms with E-state index in [2.05, 4.69) is 9.71 Å². The molecule has 0 aliphatic rings. The van der Waals surface area contributed by atoms with Gasteiger partial charge in [-0.05, 0) is 52.9 Å². The van der Waals surface area contributed by atoms with E-state index in [1.165, 1.54) is 16.7 Å². The Labute approximate surface area is 212 Å². The maximum Gasteiger partial charge on any atom is 0.352 e. The fourth-order valence-electron chi connectivity index (χ4n) is 4.48. The van der Waals surface area contributed by atoms with Crippen molar-refractivity contribution < 1.29 is 23.4 Å². The summed E-state index contributed by atoms with van der Waals surface area (Å²) in [4.78, 5) is 16.6. The summed E-state index contributed by atoms with van der Waals surface area (Å²) in [7, 11) is -3.75. The maximum atomic E-state index is 12.9. The number of nitrogens with two attached hydrogens (primary N) is 1. The van der Waals surface area contributed by atoms with Crippen LogP contribution in [0.15, 0.2) is 78.9 Å². The molecule has 37 heavy (non-hydrogen) atoms. The fraction of sp³-hybridized carbons (Fsp3) is 0.111. The maximum absolute atomic E-state index is 12.9. The first-order valence-corrected chi connectivity index (χ1v) is 13.1. The van der Waals surface area contributed by atoms with Gasteiger partial charge in [-0.25, -0.2) is 18.2 Å². The largest absolute Gasteiger partial charge is 0.507 e. The van der Waals surface area contributed by atoms with E-state index >= 15 is 0 Å². The number of phenolic OH excluding ortho intramolecular Hbond substituents is 1. The van der Waals surface area contributed by atoms with Crippen LogP contribution >= 0.6 is 0 Å². The highest BCUT2D eigenvalue weighted by Gasteiger charge is 2.20. The Morgan fingerprint density at radius 1 is 0.973 bits per heavy atom. The van der Waals surface area contributed by atoms with Gasteiger partial charge in [-0.15, -0.1) is 0 Å². The molecule has 0 saturated carbocycles. The molecule has 9 nitrogen and oxygen atoms in total. The Morgan fingerprint density at radius 3 is 2.49 bits per heavy atom. The molecule has 0 saturated heterocycles. The number of hydrogen-bond acceptors (Lipinski definition) is 6. The van der Waals surface area contributed by atoms with Crippen molar-refractivity contribution in [1.82, 2.24) is 9.55 Å². The van der Waals surface area contributed by atoms with Crippen LogP contribution in [-0.4, -0.2) is 34.2 Å². The van der Waals surface area contributed by atoms with Crippen LogP contribution in [0.1, 0.15) is 27.3 Å². The van der Waals surface area contributed by atoms with Crippen LogP contribution in [0.2, 0.25) is 0 Å². The lowest BCUT2D eigenvalue weighted by molar-refractivity contribution is 0.0686. The summed E-state index contributed by atoms with van der Waals surface area (Å²) in [6.45, 7) is 0.209. The molecule has 0 amide bonds. The molecule has 2 heterocycles. The van der Waals surface area contributed by atoms with Gasteiger partial charge in [0.15, 0.2) is 0 Å². The number of sulfonamides is 1. The number of aromatic hydroxyl groups is 1. The number of nitrogens with zero attached hydrogens (tertiary/aromatic N) is 2. The first-order valence-electron chi connectivity index (χ1n) is 11.5. The van der Waals surface area contributed by atoms with Gasteiger partial charge in [0.1, 0.15) is 17.1 Å². The molecule has 0 atom stereocenters. The Morgan fingerprint density at radius 2 is 1.76 bits per heavy atom. The molecular formula is C27H24N4O5S. The average molecular weight is 517 g/mol. The van der Waals surface area contributed by atoms with E-state index in [9.17, 15) is 23.4 Å². The van der Waals surface area contributed by atoms with Crippen molar-refractivity contribution in [2.45, 2.75) is 18.8 Å². The molecule has 0 radical (unpaired) electrons. The van der Waals surface area contributed by atoms with Crippen molar-refractivity contribution in [3.8, 4) is 5.75 Å². The minimum absolute atomic E-state index is 0.00450. The van der Waals surface area contributed by atoms with Crippen molar-refractivity contribution >= 4 is 43.5 Å². The SMILES string of the molecule is NCc1ccc2cc(C(=O)O)n(Cc3cc(NS(=O)(=O)Cc4ccccc4)cc4cccc(O)c34)c2n1. The zero-order valence-corrected chi connectivity index (χ0v) is 20.4. The van der Waals surface area contributed by atoms with Gasteiger partial charge < -0.3 is 20.5 Å². The molecule has 0 spiro atoms. The third kappa shape index (κ3) is 4.97. The number of rotatable bonds is 8. The molecule has 5 N–H and O–H groups in total. The molecule has 0 unspecified atom stereocenters. The molecule has 5 aromatic rings. The van der Waals surface area contributed by atoms with E-state index in [-0.39, 0.29) is 30.3 Å². The highest BCUT2D eigenvalue weighted by molar-refractivity contribution is 7.91. The number of nitrogens with one attached hydrogen (secondary N) is 1. The van der Waals surface area contributed by atoms with E-state index in [4.69, 9.17) is 5.73 Å². The quantitative estimate of drug-likeness (QED) is 0.243. The standard InChI is InChI=1S/C27H24N4O5S/c28-14-21-10-9-19-13-23(27(33)34)31(26(19)29-21)15-20-12-22(11-18-7-4-8-24(32)25(18)20)30-37(35,36)16-17-5-2-1-3-6-17/h1-13,30,32H,14-16,28H2,(H,33,34). The zero-order chi connectivity index (χ0) is 26.2. The molecule has 3 aromatic carbocycles. The van der Waals surface area contributed by atoms with Gasteiger partial charge in [0, 0.05) is 23.0 Å². The second-order valence-electron chi connectivity index (χ2n) is 8.70. The number of phenols is 1. The van der Waals surface area contributed by atoms with Crippen LogP contribution in [0.25, 0.3) is 21.8 Å². The Hall–Kier alpha value is -4.41. The predicted molar refractivity (Wildman–Crippen MR) is 142 cm³/mol. The molecular weight excluding hydrogens is 492 g/mol. The van der Waals surface area contributed by atoms with E-state index in [0.29, 0.717) is 44.3 Å². The second-order valence-corrected chi connectivity index (χ2v) is 10.4. The summed E-state index contributed by atoms with van der Waals surface area (Å²) >= 11 is 0. The minimum Gasteiger partial charge on any atom is -0.507 e. The van der Waals surface area contributed by atoms with E-state index in [0.717, 1.165) is 0 Å². The van der Waals surface area contributed by atoms with E-state index in [1.54, 1.807) is 60.7 Å². The topological polar surface area (TPSA) is 148 Å². The van der Waals surface area contributed by atoms with Crippen LogP contribution in [0.4, 0.5) is 5.69 Å². The van der Waals surface area contributed by atoms with Gasteiger partial charge in [0.25, 0.3) is 0 Å². The summed E-state index contributed by atoms with van der Waals surface area (Å²) in [6.07, 6.45) is 0. The second kappa shape index (κ2) is 9.57. The van der Waals surface area contributed by atoms with Crippen LogP contribution < -0.4 is 10.5 Å². The highest BCUT2D eigenvalue weighted by atomic mass is 32.2. The monoisotopic (exact) mass is 516 g/mol. The van der Waals surface area contributed by atoms with Crippen LogP contribution in [0, 0.1) is 0 Å². The minimum atomic E-state index is -3.75. The van der Waals surface area contributed by atoms with Gasteiger partial charge >= 0.3 is 5.97 Å². The smallest absolute Gasteiger partial charge is 0.352 e. The fourth-order valence-corrected chi connectivity index (χ4v) is 5.66. The molecule has 0 bridgehead atoms. The van der Waals surface area contributed by atoms with Crippen molar-refractivity contribution in [2.75, 3.05) is 4.72 Å². The van der Waals surface area contributed by atoms with E-state index < -0.39 is 16.0 Å². The van der Waals surface area contributed by atoms with Crippen molar-refractivity contribution in [2.24, 2.45) is 5.73 Å². The van der Waals surface area contributed by atoms with Crippen molar-refractivity contribution in [3.05, 3.63) is 101 Å². The number of aromatic nitrogens is 2. The summed E-state index contributed by atoms with van der Waals surface area (Å²) in [5.74, 6) is -1.35. The number of carboxylic acids is 1. The van der Waals surface area contributed by atoms with Gasteiger partial charge in [-0.1, -0.05) is 42.5 Å². The van der Waals surface area contributed by atoms with Crippen molar-refractivity contribution in [1.29, 1.82) is 0 Å². The third-order valence-electron chi connectivity index (χ3n) is 6.07. The highest BCUT2D eigenvalue weighted by Crippen LogP contribution is 2.33. The van der Waals surface area contributed by atoms with Gasteiger partial charge in [-0.3, -0.25) is 4.72 Å². The number of carbonyl (C=O) groups is 1. The zero-order valence-electron chi connectivity index (χ0n) is 19.6.